The van der Waals surface area contributed by atoms with Crippen molar-refractivity contribution in [1.82, 2.24) is 9.97 Å². The van der Waals surface area contributed by atoms with Crippen molar-refractivity contribution < 1.29 is 13.5 Å². The molecule has 1 fully saturated rings. The molecule has 1 aliphatic heterocycles. The Morgan fingerprint density at radius 1 is 1.24 bits per heavy atom. The number of hydrogen-bond donors (Lipinski definition) is 1. The predicted molar refractivity (Wildman–Crippen MR) is 106 cm³/mol. The van der Waals surface area contributed by atoms with Crippen LogP contribution < -0.4 is 5.73 Å². The van der Waals surface area contributed by atoms with Crippen molar-refractivity contribution in [3.05, 3.63) is 70.4 Å². The third-order valence-electron chi connectivity index (χ3n) is 5.64. The minimum absolute atomic E-state index is 0.0944. The molecule has 1 saturated carbocycles. The van der Waals surface area contributed by atoms with Crippen LogP contribution in [0.5, 0.6) is 0 Å². The molecule has 0 saturated heterocycles. The summed E-state index contributed by atoms with van der Waals surface area (Å²) in [5.41, 5.74) is 6.82. The fraction of sp³-hybridized carbons (Fsp3) is 0.286. The van der Waals surface area contributed by atoms with Crippen LogP contribution in [-0.4, -0.2) is 28.8 Å². The van der Waals surface area contributed by atoms with Gasteiger partial charge in [0.1, 0.15) is 24.1 Å². The van der Waals surface area contributed by atoms with Gasteiger partial charge >= 0.3 is 0 Å². The van der Waals surface area contributed by atoms with E-state index >= 15 is 0 Å². The van der Waals surface area contributed by atoms with Crippen molar-refractivity contribution in [1.29, 1.82) is 0 Å². The maximum Gasteiger partial charge on any atom is 0.283 e. The summed E-state index contributed by atoms with van der Waals surface area (Å²) in [5, 5.41) is 1.41. The average Bonchev–Trinajstić information content (AvgIpc) is 3.48. The van der Waals surface area contributed by atoms with Crippen LogP contribution in [0.1, 0.15) is 23.2 Å². The van der Waals surface area contributed by atoms with Gasteiger partial charge in [0.05, 0.1) is 16.2 Å². The van der Waals surface area contributed by atoms with E-state index in [-0.39, 0.29) is 23.6 Å². The summed E-state index contributed by atoms with van der Waals surface area (Å²) in [4.78, 5) is 13.0. The number of fused-ring (bicyclic) bond motifs is 2. The molecule has 3 aromatic rings. The summed E-state index contributed by atoms with van der Waals surface area (Å²) in [6.45, 7) is -0.842. The van der Waals surface area contributed by atoms with E-state index in [2.05, 4.69) is 15.0 Å². The number of nitrogens with zero attached hydrogens (tertiary/aromatic N) is 3. The normalized spacial score (nSPS) is 25.3. The lowest BCUT2D eigenvalue weighted by Gasteiger charge is -2.31. The zero-order valence-electron chi connectivity index (χ0n) is 15.3. The molecule has 29 heavy (non-hydrogen) atoms. The van der Waals surface area contributed by atoms with Gasteiger partial charge in [-0.2, -0.15) is 0 Å². The molecule has 5 rings (SSSR count). The van der Waals surface area contributed by atoms with E-state index in [1.165, 1.54) is 6.07 Å². The molecule has 0 bridgehead atoms. The molecule has 1 aromatic carbocycles. The van der Waals surface area contributed by atoms with Crippen LogP contribution >= 0.6 is 11.6 Å². The lowest BCUT2D eigenvalue weighted by Crippen LogP contribution is -2.39. The van der Waals surface area contributed by atoms with Crippen LogP contribution in [0.3, 0.4) is 0 Å². The molecule has 8 heteroatoms. The van der Waals surface area contributed by atoms with Crippen LogP contribution in [0.4, 0.5) is 8.78 Å². The molecular weight excluding hydrogens is 398 g/mol. The maximum atomic E-state index is 14.8. The number of halogens is 3. The van der Waals surface area contributed by atoms with Gasteiger partial charge in [-0.15, -0.1) is 0 Å². The third kappa shape index (κ3) is 3.00. The summed E-state index contributed by atoms with van der Waals surface area (Å²) >= 11 is 6.02. The van der Waals surface area contributed by atoms with Gasteiger partial charge in [-0.3, -0.25) is 9.97 Å². The Labute approximate surface area is 170 Å². The van der Waals surface area contributed by atoms with Gasteiger partial charge in [0.25, 0.3) is 6.02 Å². The highest BCUT2D eigenvalue weighted by Gasteiger charge is 2.60. The molecule has 3 heterocycles. The molecule has 0 radical (unpaired) electrons. The largest absolute Gasteiger partial charge is 0.462 e. The maximum absolute atomic E-state index is 14.8. The number of ether oxygens (including phenoxy) is 1. The second-order valence-electron chi connectivity index (χ2n) is 7.48. The zero-order valence-corrected chi connectivity index (χ0v) is 16.0. The van der Waals surface area contributed by atoms with E-state index in [4.69, 9.17) is 22.1 Å². The van der Waals surface area contributed by atoms with Crippen molar-refractivity contribution in [2.24, 2.45) is 16.6 Å². The van der Waals surface area contributed by atoms with E-state index < -0.39 is 18.0 Å². The first-order valence-corrected chi connectivity index (χ1v) is 9.64. The van der Waals surface area contributed by atoms with E-state index in [0.29, 0.717) is 17.9 Å². The number of benzene rings is 1. The second-order valence-corrected chi connectivity index (χ2v) is 7.92. The van der Waals surface area contributed by atoms with Gasteiger partial charge in [-0.25, -0.2) is 13.8 Å². The highest BCUT2D eigenvalue weighted by atomic mass is 35.5. The number of amidine groups is 1. The number of rotatable bonds is 4. The smallest absolute Gasteiger partial charge is 0.283 e. The monoisotopic (exact) mass is 414 g/mol. The van der Waals surface area contributed by atoms with Crippen LogP contribution in [-0.2, 0) is 16.7 Å². The first-order valence-electron chi connectivity index (χ1n) is 9.26. The average molecular weight is 415 g/mol. The fourth-order valence-electron chi connectivity index (χ4n) is 4.16. The van der Waals surface area contributed by atoms with Crippen LogP contribution in [0.15, 0.2) is 47.7 Å². The first kappa shape index (κ1) is 18.2. The van der Waals surface area contributed by atoms with E-state index in [0.717, 1.165) is 22.2 Å². The SMILES string of the molecule is NC1=N[C@](CF)(c2cc(Cc3nccc4cc(Cl)cnc34)ccc2F)[C@H]2C[C@H]2O1. The molecular formula is C21H17ClF2N4O. The summed E-state index contributed by atoms with van der Waals surface area (Å²) in [6.07, 6.45) is 4.05. The number of aromatic nitrogens is 2. The fourth-order valence-corrected chi connectivity index (χ4v) is 4.32. The minimum atomic E-state index is -1.34. The number of aliphatic imine (C=N–C) groups is 1. The van der Waals surface area contributed by atoms with Gasteiger partial charge in [0.15, 0.2) is 0 Å². The van der Waals surface area contributed by atoms with Gasteiger partial charge in [0.2, 0.25) is 0 Å². The summed E-state index contributed by atoms with van der Waals surface area (Å²) < 4.78 is 34.4. The van der Waals surface area contributed by atoms with Gasteiger partial charge in [-0.1, -0.05) is 17.7 Å². The Morgan fingerprint density at radius 3 is 2.93 bits per heavy atom. The quantitative estimate of drug-likeness (QED) is 0.702. The van der Waals surface area contributed by atoms with Crippen molar-refractivity contribution in [2.75, 3.05) is 6.67 Å². The molecule has 2 aromatic heterocycles. The second kappa shape index (κ2) is 6.62. The lowest BCUT2D eigenvalue weighted by atomic mass is 9.84. The molecule has 1 aliphatic carbocycles. The van der Waals surface area contributed by atoms with Crippen LogP contribution in [0, 0.1) is 11.7 Å². The van der Waals surface area contributed by atoms with Crippen LogP contribution in [0.25, 0.3) is 10.9 Å². The number of alkyl halides is 1. The molecule has 0 spiro atoms. The Hall–Kier alpha value is -2.80. The van der Waals surface area contributed by atoms with Gasteiger partial charge < -0.3 is 10.5 Å². The standard InChI is InChI=1S/C21H17ClF2N4O/c22-13-7-12-3-4-26-17(19(12)27-9-13)6-11-1-2-16(24)14(5-11)21(10-23)15-8-18(15)29-20(25)28-21/h1-5,7,9,15,18H,6,8,10H2,(H2,25,28)/t15-,18+,21+/m0/s1. The van der Waals surface area contributed by atoms with E-state index in [1.807, 2.05) is 12.1 Å². The molecule has 148 valence electrons. The topological polar surface area (TPSA) is 73.4 Å². The van der Waals surface area contributed by atoms with Crippen molar-refractivity contribution in [3.8, 4) is 0 Å². The van der Waals surface area contributed by atoms with Crippen molar-refractivity contribution in [2.45, 2.75) is 24.5 Å². The van der Waals surface area contributed by atoms with Gasteiger partial charge in [0, 0.05) is 35.7 Å². The van der Waals surface area contributed by atoms with Gasteiger partial charge in [-0.05, 0) is 36.2 Å². The van der Waals surface area contributed by atoms with Crippen LogP contribution in [0.2, 0.25) is 5.02 Å². The lowest BCUT2D eigenvalue weighted by molar-refractivity contribution is 0.168. The third-order valence-corrected chi connectivity index (χ3v) is 5.85. The molecule has 0 amide bonds. The first-order chi connectivity index (χ1) is 14.0. The van der Waals surface area contributed by atoms with Crippen molar-refractivity contribution in [3.63, 3.8) is 0 Å². The number of pyridine rings is 2. The summed E-state index contributed by atoms with van der Waals surface area (Å²) in [7, 11) is 0. The molecule has 3 atom stereocenters. The Kier molecular flexibility index (Phi) is 4.17. The molecule has 5 nitrogen and oxygen atoms in total. The molecule has 0 unspecified atom stereocenters. The Morgan fingerprint density at radius 2 is 2.10 bits per heavy atom. The molecule has 2 aliphatic rings. The predicted octanol–water partition coefficient (Wildman–Crippen LogP) is 3.91. The Balaban J connectivity index is 1.57. The number of hydrogen-bond acceptors (Lipinski definition) is 5. The summed E-state index contributed by atoms with van der Waals surface area (Å²) in [5.74, 6) is -0.727. The minimum Gasteiger partial charge on any atom is -0.462 e. The summed E-state index contributed by atoms with van der Waals surface area (Å²) in [6, 6.07) is 8.22. The van der Waals surface area contributed by atoms with E-state index in [9.17, 15) is 8.78 Å². The molecule has 2 N–H and O–H groups in total. The number of nitrogens with two attached hydrogens (primary N) is 1. The van der Waals surface area contributed by atoms with Crippen molar-refractivity contribution >= 4 is 28.5 Å². The highest BCUT2D eigenvalue weighted by molar-refractivity contribution is 6.31. The van der Waals surface area contributed by atoms with E-state index in [1.54, 1.807) is 24.5 Å². The Bertz CT molecular complexity index is 1150. The highest BCUT2D eigenvalue weighted by Crippen LogP contribution is 2.53. The zero-order chi connectivity index (χ0) is 20.2.